The van der Waals surface area contributed by atoms with Gasteiger partial charge in [-0.2, -0.15) is 0 Å². The fraction of sp³-hybridized carbons (Fsp3) is 0.538. The molecule has 1 fully saturated rings. The molecule has 1 aromatic carbocycles. The molecule has 0 aromatic heterocycles. The Morgan fingerprint density at radius 2 is 1.95 bits per heavy atom. The van der Waals surface area contributed by atoms with Crippen molar-refractivity contribution < 1.29 is 8.42 Å². The third kappa shape index (κ3) is 3.28. The van der Waals surface area contributed by atoms with Crippen LogP contribution in [0.1, 0.15) is 25.8 Å². The van der Waals surface area contributed by atoms with Crippen LogP contribution >= 0.6 is 23.2 Å². The van der Waals surface area contributed by atoms with Crippen LogP contribution < -0.4 is 10.0 Å². The molecule has 1 saturated carbocycles. The molecule has 1 aromatic rings. The number of rotatable bonds is 5. The highest BCUT2D eigenvalue weighted by molar-refractivity contribution is 7.89. The Morgan fingerprint density at radius 1 is 1.35 bits per heavy atom. The Balaban J connectivity index is 2.36. The van der Waals surface area contributed by atoms with Gasteiger partial charge < -0.3 is 5.32 Å². The molecule has 7 heteroatoms. The highest BCUT2D eigenvalue weighted by Gasteiger charge is 2.48. The van der Waals surface area contributed by atoms with E-state index in [0.717, 1.165) is 6.42 Å². The summed E-state index contributed by atoms with van der Waals surface area (Å²) in [4.78, 5) is 0.0413. The van der Waals surface area contributed by atoms with Gasteiger partial charge in [-0.05, 0) is 36.6 Å². The standard InChI is InChI=1S/C13H18Cl2N2O2S/c1-13(2)6-11(13)17-20(18,19)10-5-9(14)4-8(7-16-3)12(10)15/h4-5,11,16-17H,6-7H2,1-3H3. The maximum absolute atomic E-state index is 12.4. The molecule has 1 atom stereocenters. The lowest BCUT2D eigenvalue weighted by atomic mass is 10.2. The summed E-state index contributed by atoms with van der Waals surface area (Å²) < 4.78 is 27.5. The Morgan fingerprint density at radius 3 is 2.45 bits per heavy atom. The minimum absolute atomic E-state index is 0.00588. The van der Waals surface area contributed by atoms with Crippen LogP contribution in [0.3, 0.4) is 0 Å². The van der Waals surface area contributed by atoms with Gasteiger partial charge in [0.2, 0.25) is 10.0 Å². The third-order valence-electron chi connectivity index (χ3n) is 3.55. The smallest absolute Gasteiger partial charge is 0.242 e. The largest absolute Gasteiger partial charge is 0.316 e. The molecule has 0 heterocycles. The minimum Gasteiger partial charge on any atom is -0.316 e. The van der Waals surface area contributed by atoms with Crippen molar-refractivity contribution in [2.24, 2.45) is 5.41 Å². The number of benzene rings is 1. The molecule has 0 saturated heterocycles. The van der Waals surface area contributed by atoms with E-state index in [4.69, 9.17) is 23.2 Å². The zero-order valence-corrected chi connectivity index (χ0v) is 14.0. The first-order valence-electron chi connectivity index (χ1n) is 6.32. The summed E-state index contributed by atoms with van der Waals surface area (Å²) in [5, 5.41) is 3.51. The molecule has 1 aliphatic rings. The molecule has 112 valence electrons. The summed E-state index contributed by atoms with van der Waals surface area (Å²) >= 11 is 12.2. The van der Waals surface area contributed by atoms with Gasteiger partial charge in [-0.15, -0.1) is 0 Å². The van der Waals surface area contributed by atoms with Crippen molar-refractivity contribution in [2.75, 3.05) is 7.05 Å². The highest BCUT2D eigenvalue weighted by Crippen LogP contribution is 2.45. The van der Waals surface area contributed by atoms with E-state index in [1.165, 1.54) is 6.07 Å². The Bertz CT molecular complexity index is 630. The van der Waals surface area contributed by atoms with Crippen molar-refractivity contribution in [3.8, 4) is 0 Å². The predicted molar refractivity (Wildman–Crippen MR) is 81.7 cm³/mol. The Kier molecular flexibility index (Phi) is 4.38. The lowest BCUT2D eigenvalue weighted by Crippen LogP contribution is -2.29. The van der Waals surface area contributed by atoms with E-state index < -0.39 is 10.0 Å². The number of hydrogen-bond donors (Lipinski definition) is 2. The summed E-state index contributed by atoms with van der Waals surface area (Å²) in [5.74, 6) is 0. The average molecular weight is 337 g/mol. The van der Waals surface area contributed by atoms with Crippen molar-refractivity contribution in [3.63, 3.8) is 0 Å². The number of nitrogens with one attached hydrogen (secondary N) is 2. The third-order valence-corrected chi connectivity index (χ3v) is 5.82. The van der Waals surface area contributed by atoms with Crippen molar-refractivity contribution in [1.29, 1.82) is 0 Å². The SMILES string of the molecule is CNCc1cc(Cl)cc(S(=O)(=O)NC2CC2(C)C)c1Cl. The van der Waals surface area contributed by atoms with E-state index in [2.05, 4.69) is 10.0 Å². The first-order valence-corrected chi connectivity index (χ1v) is 8.56. The molecular formula is C13H18Cl2N2O2S. The number of sulfonamides is 1. The fourth-order valence-electron chi connectivity index (χ4n) is 2.05. The normalized spacial score (nSPS) is 20.9. The molecular weight excluding hydrogens is 319 g/mol. The van der Waals surface area contributed by atoms with Gasteiger partial charge in [0.05, 0.1) is 5.02 Å². The van der Waals surface area contributed by atoms with Crippen LogP contribution in [0.2, 0.25) is 10.0 Å². The molecule has 1 aliphatic carbocycles. The molecule has 1 unspecified atom stereocenters. The van der Waals surface area contributed by atoms with Crippen LogP contribution in [0, 0.1) is 5.41 Å². The molecule has 0 bridgehead atoms. The van der Waals surface area contributed by atoms with Crippen molar-refractivity contribution in [1.82, 2.24) is 10.0 Å². The van der Waals surface area contributed by atoms with Gasteiger partial charge in [-0.3, -0.25) is 0 Å². The number of halogens is 2. The molecule has 0 aliphatic heterocycles. The monoisotopic (exact) mass is 336 g/mol. The van der Waals surface area contributed by atoms with E-state index in [1.807, 2.05) is 13.8 Å². The van der Waals surface area contributed by atoms with Crippen LogP contribution in [-0.2, 0) is 16.6 Å². The summed E-state index contributed by atoms with van der Waals surface area (Å²) in [6.45, 7) is 4.50. The van der Waals surface area contributed by atoms with Crippen LogP contribution in [0.5, 0.6) is 0 Å². The average Bonchev–Trinajstić information content (AvgIpc) is 2.89. The molecule has 0 amide bonds. The summed E-state index contributed by atoms with van der Waals surface area (Å²) in [5.41, 5.74) is 0.670. The lowest BCUT2D eigenvalue weighted by Gasteiger charge is -2.13. The Labute approximate surface area is 129 Å². The predicted octanol–water partition coefficient (Wildman–Crippen LogP) is 2.79. The van der Waals surface area contributed by atoms with Gasteiger partial charge in [0.25, 0.3) is 0 Å². The zero-order valence-electron chi connectivity index (χ0n) is 11.6. The van der Waals surface area contributed by atoms with Crippen LogP contribution in [-0.4, -0.2) is 21.5 Å². The van der Waals surface area contributed by atoms with Gasteiger partial charge in [0.1, 0.15) is 4.90 Å². The maximum Gasteiger partial charge on any atom is 0.242 e. The van der Waals surface area contributed by atoms with Crippen molar-refractivity contribution >= 4 is 33.2 Å². The van der Waals surface area contributed by atoms with Gasteiger partial charge in [0.15, 0.2) is 0 Å². The summed E-state index contributed by atoms with van der Waals surface area (Å²) in [7, 11) is -1.90. The maximum atomic E-state index is 12.4. The van der Waals surface area contributed by atoms with Gasteiger partial charge >= 0.3 is 0 Å². The molecule has 20 heavy (non-hydrogen) atoms. The Hall–Kier alpha value is -0.330. The van der Waals surface area contributed by atoms with Crippen LogP contribution in [0.25, 0.3) is 0 Å². The summed E-state index contributed by atoms with van der Waals surface area (Å²) in [6, 6.07) is 3.01. The van der Waals surface area contributed by atoms with E-state index in [9.17, 15) is 8.42 Å². The topological polar surface area (TPSA) is 58.2 Å². The van der Waals surface area contributed by atoms with E-state index in [0.29, 0.717) is 17.1 Å². The molecule has 2 N–H and O–H groups in total. The van der Waals surface area contributed by atoms with Gasteiger partial charge in [-0.1, -0.05) is 37.0 Å². The van der Waals surface area contributed by atoms with E-state index in [1.54, 1.807) is 13.1 Å². The highest BCUT2D eigenvalue weighted by atomic mass is 35.5. The molecule has 4 nitrogen and oxygen atoms in total. The lowest BCUT2D eigenvalue weighted by molar-refractivity contribution is 0.555. The van der Waals surface area contributed by atoms with Gasteiger partial charge in [-0.25, -0.2) is 13.1 Å². The molecule has 0 radical (unpaired) electrons. The van der Waals surface area contributed by atoms with Gasteiger partial charge in [0, 0.05) is 17.6 Å². The molecule has 2 rings (SSSR count). The second-order valence-electron chi connectivity index (χ2n) is 5.77. The first kappa shape index (κ1) is 16.0. The van der Waals surface area contributed by atoms with Crippen molar-refractivity contribution in [3.05, 3.63) is 27.7 Å². The number of hydrogen-bond acceptors (Lipinski definition) is 3. The molecule has 0 spiro atoms. The van der Waals surface area contributed by atoms with E-state index in [-0.39, 0.29) is 21.4 Å². The minimum atomic E-state index is -3.66. The van der Waals surface area contributed by atoms with Crippen molar-refractivity contribution in [2.45, 2.75) is 37.8 Å². The van der Waals surface area contributed by atoms with E-state index >= 15 is 0 Å². The second-order valence-corrected chi connectivity index (χ2v) is 8.27. The van der Waals surface area contributed by atoms with Crippen LogP contribution in [0.15, 0.2) is 17.0 Å². The zero-order chi connectivity index (χ0) is 15.1. The summed E-state index contributed by atoms with van der Waals surface area (Å²) in [6.07, 6.45) is 0.827. The fourth-order valence-corrected chi connectivity index (χ4v) is 4.39. The van der Waals surface area contributed by atoms with Crippen LogP contribution in [0.4, 0.5) is 0 Å². The second kappa shape index (κ2) is 5.46. The quantitative estimate of drug-likeness (QED) is 0.869. The first-order chi connectivity index (χ1) is 9.17.